The molecule has 1 aromatic rings. The Balaban J connectivity index is 1.31. The maximum atomic E-state index is 6.76. The summed E-state index contributed by atoms with van der Waals surface area (Å²) in [7, 11) is 1.69. The third-order valence-electron chi connectivity index (χ3n) is 7.53. The van der Waals surface area contributed by atoms with Crippen LogP contribution in [0.15, 0.2) is 24.3 Å². The van der Waals surface area contributed by atoms with Gasteiger partial charge < -0.3 is 23.7 Å². The van der Waals surface area contributed by atoms with Crippen molar-refractivity contribution in [2.24, 2.45) is 0 Å². The fourth-order valence-corrected chi connectivity index (χ4v) is 6.04. The Hall–Kier alpha value is -1.02. The van der Waals surface area contributed by atoms with Crippen LogP contribution in [0.3, 0.4) is 0 Å². The van der Waals surface area contributed by atoms with Crippen LogP contribution in [0.4, 0.5) is 0 Å². The van der Waals surface area contributed by atoms with E-state index in [4.69, 9.17) is 23.7 Å². The molecule has 3 aliphatic heterocycles. The summed E-state index contributed by atoms with van der Waals surface area (Å²) >= 11 is 0. The normalized spacial score (nSPS) is 34.7. The lowest BCUT2D eigenvalue weighted by atomic mass is 9.94. The van der Waals surface area contributed by atoms with Gasteiger partial charge in [-0.1, -0.05) is 36.2 Å². The molecule has 3 heterocycles. The van der Waals surface area contributed by atoms with E-state index in [-0.39, 0.29) is 30.4 Å². The van der Waals surface area contributed by atoms with Gasteiger partial charge in [-0.3, -0.25) is 4.90 Å². The fraction of sp³-hybridized carbons (Fsp3) is 0.760. The molecule has 31 heavy (non-hydrogen) atoms. The van der Waals surface area contributed by atoms with Gasteiger partial charge in [0.15, 0.2) is 5.79 Å². The van der Waals surface area contributed by atoms with Crippen molar-refractivity contribution in [2.75, 3.05) is 27.1 Å². The van der Waals surface area contributed by atoms with E-state index in [9.17, 15) is 0 Å². The van der Waals surface area contributed by atoms with Crippen LogP contribution < -0.4 is 0 Å². The highest BCUT2D eigenvalue weighted by Crippen LogP contribution is 2.49. The van der Waals surface area contributed by atoms with Crippen molar-refractivity contribution < 1.29 is 23.7 Å². The predicted octanol–water partition coefficient (Wildman–Crippen LogP) is 3.79. The molecule has 0 unspecified atom stereocenters. The van der Waals surface area contributed by atoms with E-state index in [1.54, 1.807) is 7.11 Å². The first kappa shape index (κ1) is 21.8. The maximum Gasteiger partial charge on any atom is 0.169 e. The highest BCUT2D eigenvalue weighted by atomic mass is 16.8. The van der Waals surface area contributed by atoms with Gasteiger partial charge in [-0.15, -0.1) is 0 Å². The van der Waals surface area contributed by atoms with Crippen molar-refractivity contribution in [3.8, 4) is 0 Å². The van der Waals surface area contributed by atoms with Gasteiger partial charge in [0.2, 0.25) is 0 Å². The van der Waals surface area contributed by atoms with E-state index in [0.717, 1.165) is 32.2 Å². The highest BCUT2D eigenvalue weighted by molar-refractivity contribution is 5.20. The molecular weight excluding hydrogens is 394 g/mol. The molecule has 1 saturated carbocycles. The van der Waals surface area contributed by atoms with E-state index < -0.39 is 5.79 Å². The summed E-state index contributed by atoms with van der Waals surface area (Å²) in [5.41, 5.74) is 2.49. The molecule has 6 nitrogen and oxygen atoms in total. The van der Waals surface area contributed by atoms with Crippen LogP contribution in [-0.4, -0.2) is 68.1 Å². The molecule has 0 amide bonds. The zero-order valence-corrected chi connectivity index (χ0v) is 19.0. The molecule has 172 valence electrons. The lowest BCUT2D eigenvalue weighted by molar-refractivity contribution is -0.223. The van der Waals surface area contributed by atoms with Gasteiger partial charge in [-0.25, -0.2) is 0 Å². The molecule has 0 bridgehead atoms. The quantitative estimate of drug-likeness (QED) is 0.612. The van der Waals surface area contributed by atoms with Gasteiger partial charge in [0.25, 0.3) is 0 Å². The highest BCUT2D eigenvalue weighted by Gasteiger charge is 2.62. The number of nitrogens with zero attached hydrogens (tertiary/aromatic N) is 1. The first-order chi connectivity index (χ1) is 15.2. The molecule has 0 radical (unpaired) electrons. The molecule has 0 aromatic heterocycles. The first-order valence-corrected chi connectivity index (χ1v) is 12.0. The van der Waals surface area contributed by atoms with Crippen molar-refractivity contribution in [1.29, 1.82) is 0 Å². The number of ether oxygens (including phenoxy) is 5. The minimum Gasteiger partial charge on any atom is -0.375 e. The molecule has 6 heteroatoms. The average Bonchev–Trinajstić information content (AvgIpc) is 3.27. The van der Waals surface area contributed by atoms with Crippen LogP contribution in [0.1, 0.15) is 56.1 Å². The van der Waals surface area contributed by atoms with Crippen LogP contribution in [0.25, 0.3) is 0 Å². The summed E-state index contributed by atoms with van der Waals surface area (Å²) in [6.45, 7) is 4.76. The van der Waals surface area contributed by atoms with Gasteiger partial charge in [-0.05, 0) is 44.7 Å². The van der Waals surface area contributed by atoms with E-state index in [1.165, 1.54) is 30.4 Å². The molecule has 4 fully saturated rings. The van der Waals surface area contributed by atoms with Crippen LogP contribution in [0.5, 0.6) is 0 Å². The SMILES string of the molecule is COCO[C@@H]1CCCN2[C@H]1[C@@H]1OC3(CCCCC3)O[C@@H]1[C@H]2COCc1ccc(C)cc1. The molecule has 0 N–H and O–H groups in total. The molecular formula is C25H37NO5. The Bertz CT molecular complexity index is 719. The lowest BCUT2D eigenvalue weighted by Crippen LogP contribution is -2.54. The van der Waals surface area contributed by atoms with Gasteiger partial charge in [0, 0.05) is 20.0 Å². The van der Waals surface area contributed by atoms with E-state index in [0.29, 0.717) is 20.0 Å². The van der Waals surface area contributed by atoms with Gasteiger partial charge in [-0.2, -0.15) is 0 Å². The minimum absolute atomic E-state index is 0.0489. The summed E-state index contributed by atoms with van der Waals surface area (Å²) in [5.74, 6) is -0.391. The number of methoxy groups -OCH3 is 1. The Morgan fingerprint density at radius 3 is 2.58 bits per heavy atom. The van der Waals surface area contributed by atoms with Crippen LogP contribution in [0.2, 0.25) is 0 Å². The van der Waals surface area contributed by atoms with Crippen LogP contribution in [0, 0.1) is 6.92 Å². The van der Waals surface area contributed by atoms with Gasteiger partial charge in [0.1, 0.15) is 19.0 Å². The maximum absolute atomic E-state index is 6.76. The summed E-state index contributed by atoms with van der Waals surface area (Å²) in [5, 5.41) is 0. The van der Waals surface area contributed by atoms with E-state index in [2.05, 4.69) is 36.1 Å². The van der Waals surface area contributed by atoms with Crippen molar-refractivity contribution in [1.82, 2.24) is 4.90 Å². The zero-order valence-electron chi connectivity index (χ0n) is 19.0. The monoisotopic (exact) mass is 431 g/mol. The molecule has 3 saturated heterocycles. The molecule has 1 aromatic carbocycles. The Kier molecular flexibility index (Phi) is 6.65. The smallest absolute Gasteiger partial charge is 0.169 e. The van der Waals surface area contributed by atoms with Crippen molar-refractivity contribution in [2.45, 2.75) is 94.7 Å². The second kappa shape index (κ2) is 9.46. The van der Waals surface area contributed by atoms with Crippen LogP contribution in [-0.2, 0) is 30.3 Å². The fourth-order valence-electron chi connectivity index (χ4n) is 6.04. The molecule has 5 atom stereocenters. The third-order valence-corrected chi connectivity index (χ3v) is 7.53. The number of hydrogen-bond donors (Lipinski definition) is 0. The van der Waals surface area contributed by atoms with Crippen molar-refractivity contribution >= 4 is 0 Å². The first-order valence-electron chi connectivity index (χ1n) is 12.0. The molecule has 1 aliphatic carbocycles. The number of hydrogen-bond acceptors (Lipinski definition) is 6. The number of benzene rings is 1. The van der Waals surface area contributed by atoms with Crippen molar-refractivity contribution in [3.63, 3.8) is 0 Å². The summed E-state index contributed by atoms with van der Waals surface area (Å²) in [4.78, 5) is 2.55. The Labute approximate surface area is 186 Å². The van der Waals surface area contributed by atoms with Crippen molar-refractivity contribution in [3.05, 3.63) is 35.4 Å². The molecule has 1 spiro atoms. The van der Waals surface area contributed by atoms with Crippen LogP contribution >= 0.6 is 0 Å². The van der Waals surface area contributed by atoms with E-state index in [1.807, 2.05) is 0 Å². The largest absolute Gasteiger partial charge is 0.375 e. The number of piperidine rings is 1. The topological polar surface area (TPSA) is 49.4 Å². The second-order valence-corrected chi connectivity index (χ2v) is 9.69. The molecule has 4 aliphatic rings. The van der Waals surface area contributed by atoms with Gasteiger partial charge >= 0.3 is 0 Å². The Morgan fingerprint density at radius 1 is 1.03 bits per heavy atom. The van der Waals surface area contributed by atoms with Gasteiger partial charge in [0.05, 0.1) is 31.4 Å². The number of aryl methyl sites for hydroxylation is 1. The number of fused-ring (bicyclic) bond motifs is 3. The summed E-state index contributed by atoms with van der Waals surface area (Å²) in [6.07, 6.45) is 8.04. The summed E-state index contributed by atoms with van der Waals surface area (Å²) in [6, 6.07) is 9.00. The predicted molar refractivity (Wildman–Crippen MR) is 117 cm³/mol. The van der Waals surface area contributed by atoms with E-state index >= 15 is 0 Å². The molecule has 5 rings (SSSR count). The average molecular weight is 432 g/mol. The second-order valence-electron chi connectivity index (χ2n) is 9.69. The third kappa shape index (κ3) is 4.43. The standard InChI is InChI=1S/C25H37NO5/c1-18-8-10-19(11-9-18)15-28-16-20-23-24(31-25(30-23)12-4-3-5-13-25)22-21(29-17-27-2)7-6-14-26(20)22/h8-11,20-24H,3-7,12-17H2,1-2H3/t20-,21-,22-,23-,24+/m1/s1. The minimum atomic E-state index is -0.391. The number of rotatable bonds is 7. The summed E-state index contributed by atoms with van der Waals surface area (Å²) < 4.78 is 31.1. The zero-order chi connectivity index (χ0) is 21.3. The Morgan fingerprint density at radius 2 is 1.81 bits per heavy atom. The lowest BCUT2D eigenvalue weighted by Gasteiger charge is -2.42.